The number of carbonyl (C=O) groups is 1. The van der Waals surface area contributed by atoms with Crippen LogP contribution in [0.15, 0.2) is 54.6 Å². The number of methoxy groups -OCH3 is 1. The molecule has 0 heterocycles. The first-order chi connectivity index (χ1) is 12.0. The lowest BCUT2D eigenvalue weighted by Crippen LogP contribution is -2.09. The van der Waals surface area contributed by atoms with Crippen molar-refractivity contribution in [1.29, 1.82) is 0 Å². The summed E-state index contributed by atoms with van der Waals surface area (Å²) in [6.07, 6.45) is 1.07. The predicted molar refractivity (Wildman–Crippen MR) is 87.7 cm³/mol. The SMILES string of the molecule is COc1ccc(/C(=C/C(=O)Oc2ccccc2)CO[N+](=O)[O-])cc1O. The standard InChI is InChI=1S/C17H15NO7/c1-23-16-8-7-12(9-15(16)19)13(11-24-18(21)22)10-17(20)25-14-5-3-2-4-6-14/h2-10,19H,11H2,1H3/b13-10+. The predicted octanol–water partition coefficient (Wildman–Crippen LogP) is 2.60. The van der Waals surface area contributed by atoms with E-state index in [-0.39, 0.29) is 17.1 Å². The Labute approximate surface area is 143 Å². The third-order valence-electron chi connectivity index (χ3n) is 3.13. The van der Waals surface area contributed by atoms with Crippen molar-refractivity contribution in [3.05, 3.63) is 70.3 Å². The topological polar surface area (TPSA) is 108 Å². The van der Waals surface area contributed by atoms with E-state index < -0.39 is 17.7 Å². The van der Waals surface area contributed by atoms with E-state index in [0.29, 0.717) is 11.3 Å². The van der Waals surface area contributed by atoms with E-state index in [0.717, 1.165) is 6.08 Å². The first-order valence-electron chi connectivity index (χ1n) is 7.11. The van der Waals surface area contributed by atoms with Gasteiger partial charge in [-0.15, -0.1) is 10.1 Å². The Morgan fingerprint density at radius 2 is 1.96 bits per heavy atom. The van der Waals surface area contributed by atoms with E-state index in [1.807, 2.05) is 0 Å². The molecule has 0 atom stereocenters. The van der Waals surface area contributed by atoms with Crippen LogP contribution in [0.2, 0.25) is 0 Å². The Hall–Kier alpha value is -3.55. The van der Waals surface area contributed by atoms with Crippen LogP contribution < -0.4 is 9.47 Å². The molecule has 0 unspecified atom stereocenters. The van der Waals surface area contributed by atoms with Crippen molar-refractivity contribution >= 4 is 11.5 Å². The van der Waals surface area contributed by atoms with Gasteiger partial charge in [0.05, 0.1) is 7.11 Å². The number of carbonyl (C=O) groups excluding carboxylic acids is 1. The number of hydrogen-bond acceptors (Lipinski definition) is 7. The number of aromatic hydroxyl groups is 1. The number of para-hydroxylation sites is 1. The molecule has 0 aliphatic carbocycles. The summed E-state index contributed by atoms with van der Waals surface area (Å²) in [6.45, 7) is -0.483. The zero-order valence-electron chi connectivity index (χ0n) is 13.2. The summed E-state index contributed by atoms with van der Waals surface area (Å²) in [6, 6.07) is 12.7. The van der Waals surface area contributed by atoms with Gasteiger partial charge in [0.1, 0.15) is 12.4 Å². The molecule has 0 saturated carbocycles. The molecule has 2 aromatic carbocycles. The van der Waals surface area contributed by atoms with Crippen molar-refractivity contribution in [1.82, 2.24) is 0 Å². The Morgan fingerprint density at radius 3 is 2.56 bits per heavy atom. The molecule has 0 aliphatic heterocycles. The van der Waals surface area contributed by atoms with Crippen LogP contribution in [0.4, 0.5) is 0 Å². The Morgan fingerprint density at radius 1 is 1.24 bits per heavy atom. The van der Waals surface area contributed by atoms with Gasteiger partial charge >= 0.3 is 5.97 Å². The molecule has 8 nitrogen and oxygen atoms in total. The molecule has 25 heavy (non-hydrogen) atoms. The number of rotatable bonds is 7. The number of phenols is 1. The summed E-state index contributed by atoms with van der Waals surface area (Å²) in [5.74, 6) is -0.354. The summed E-state index contributed by atoms with van der Waals surface area (Å²) >= 11 is 0. The fourth-order valence-electron chi connectivity index (χ4n) is 2.00. The monoisotopic (exact) mass is 345 g/mol. The summed E-state index contributed by atoms with van der Waals surface area (Å²) < 4.78 is 10.1. The molecule has 2 aromatic rings. The van der Waals surface area contributed by atoms with Gasteiger partial charge in [-0.05, 0) is 35.4 Å². The minimum Gasteiger partial charge on any atom is -0.504 e. The zero-order valence-corrected chi connectivity index (χ0v) is 13.2. The highest BCUT2D eigenvalue weighted by Crippen LogP contribution is 2.29. The molecule has 0 amide bonds. The normalized spacial score (nSPS) is 10.8. The molecule has 1 N–H and O–H groups in total. The fraction of sp³-hybridized carbons (Fsp3) is 0.118. The zero-order chi connectivity index (χ0) is 18.2. The van der Waals surface area contributed by atoms with Gasteiger partial charge < -0.3 is 19.4 Å². The lowest BCUT2D eigenvalue weighted by Gasteiger charge is -2.10. The highest BCUT2D eigenvalue weighted by atomic mass is 16.9. The Bertz CT molecular complexity index is 787. The number of esters is 1. The number of benzene rings is 2. The molecular weight excluding hydrogens is 330 g/mol. The van der Waals surface area contributed by atoms with Gasteiger partial charge in [-0.3, -0.25) is 0 Å². The second kappa shape index (κ2) is 8.34. The van der Waals surface area contributed by atoms with Crippen molar-refractivity contribution in [3.8, 4) is 17.2 Å². The average molecular weight is 345 g/mol. The van der Waals surface area contributed by atoms with Gasteiger partial charge in [-0.1, -0.05) is 24.3 Å². The average Bonchev–Trinajstić information content (AvgIpc) is 2.59. The first-order valence-corrected chi connectivity index (χ1v) is 7.11. The van der Waals surface area contributed by atoms with Crippen LogP contribution in [0.5, 0.6) is 17.2 Å². The minimum absolute atomic E-state index is 0.163. The van der Waals surface area contributed by atoms with Gasteiger partial charge in [0, 0.05) is 6.08 Å². The maximum atomic E-state index is 12.0. The molecule has 0 saturated heterocycles. The number of hydrogen-bond donors (Lipinski definition) is 1. The van der Waals surface area contributed by atoms with Crippen LogP contribution >= 0.6 is 0 Å². The number of phenolic OH excluding ortho intramolecular Hbond substituents is 1. The Kier molecular flexibility index (Phi) is 5.94. The van der Waals surface area contributed by atoms with Crippen LogP contribution in [0.1, 0.15) is 5.56 Å². The summed E-state index contributed by atoms with van der Waals surface area (Å²) in [7, 11) is 1.39. The first kappa shape index (κ1) is 17.8. The maximum absolute atomic E-state index is 12.0. The largest absolute Gasteiger partial charge is 0.504 e. The van der Waals surface area contributed by atoms with Crippen LogP contribution in [0.25, 0.3) is 5.57 Å². The third kappa shape index (κ3) is 5.24. The summed E-state index contributed by atoms with van der Waals surface area (Å²) in [5, 5.41) is 19.3. The van der Waals surface area contributed by atoms with Crippen molar-refractivity contribution in [2.45, 2.75) is 0 Å². The van der Waals surface area contributed by atoms with Gasteiger partial charge in [0.2, 0.25) is 0 Å². The van der Waals surface area contributed by atoms with Gasteiger partial charge in [0.15, 0.2) is 11.5 Å². The molecule has 0 fully saturated rings. The highest BCUT2D eigenvalue weighted by molar-refractivity contribution is 5.93. The van der Waals surface area contributed by atoms with Gasteiger partial charge in [0.25, 0.3) is 5.09 Å². The lowest BCUT2D eigenvalue weighted by atomic mass is 10.1. The van der Waals surface area contributed by atoms with E-state index in [4.69, 9.17) is 9.47 Å². The lowest BCUT2D eigenvalue weighted by molar-refractivity contribution is -0.754. The molecule has 0 radical (unpaired) electrons. The van der Waals surface area contributed by atoms with Crippen LogP contribution in [0.3, 0.4) is 0 Å². The van der Waals surface area contributed by atoms with E-state index in [9.17, 15) is 20.0 Å². The van der Waals surface area contributed by atoms with Crippen molar-refractivity contribution < 1.29 is 29.3 Å². The fourth-order valence-corrected chi connectivity index (χ4v) is 2.00. The second-order valence-corrected chi connectivity index (χ2v) is 4.79. The highest BCUT2D eigenvalue weighted by Gasteiger charge is 2.12. The summed E-state index contributed by atoms with van der Waals surface area (Å²) in [5.41, 5.74) is 0.515. The molecule has 2 rings (SSSR count). The van der Waals surface area contributed by atoms with Crippen LogP contribution in [-0.2, 0) is 9.63 Å². The molecule has 0 bridgehead atoms. The van der Waals surface area contributed by atoms with E-state index in [1.54, 1.807) is 30.3 Å². The quantitative estimate of drug-likeness (QED) is 0.270. The molecular formula is C17H15NO7. The van der Waals surface area contributed by atoms with Gasteiger partial charge in [-0.25, -0.2) is 4.79 Å². The second-order valence-electron chi connectivity index (χ2n) is 4.79. The van der Waals surface area contributed by atoms with Crippen molar-refractivity contribution in [2.75, 3.05) is 13.7 Å². The molecule has 0 spiro atoms. The van der Waals surface area contributed by atoms with E-state index >= 15 is 0 Å². The number of ether oxygens (including phenoxy) is 2. The molecule has 0 aliphatic rings. The smallest absolute Gasteiger partial charge is 0.336 e. The van der Waals surface area contributed by atoms with Crippen LogP contribution in [0, 0.1) is 10.1 Å². The van der Waals surface area contributed by atoms with Crippen molar-refractivity contribution in [2.24, 2.45) is 0 Å². The van der Waals surface area contributed by atoms with Crippen molar-refractivity contribution in [3.63, 3.8) is 0 Å². The van der Waals surface area contributed by atoms with E-state index in [1.165, 1.54) is 25.3 Å². The third-order valence-corrected chi connectivity index (χ3v) is 3.13. The molecule has 130 valence electrons. The maximum Gasteiger partial charge on any atom is 0.336 e. The summed E-state index contributed by atoms with van der Waals surface area (Å²) in [4.78, 5) is 26.8. The van der Waals surface area contributed by atoms with Crippen LogP contribution in [-0.4, -0.2) is 29.9 Å². The van der Waals surface area contributed by atoms with E-state index in [2.05, 4.69) is 4.84 Å². The molecule has 8 heteroatoms. The van der Waals surface area contributed by atoms with Gasteiger partial charge in [-0.2, -0.15) is 0 Å². The minimum atomic E-state index is -0.972. The Balaban J connectivity index is 2.26. The molecule has 0 aromatic heterocycles. The number of nitrogens with zero attached hydrogens (tertiary/aromatic N) is 1.